The zero-order valence-corrected chi connectivity index (χ0v) is 9.93. The van der Waals surface area contributed by atoms with Crippen LogP contribution in [0.4, 0.5) is 4.39 Å². The van der Waals surface area contributed by atoms with Crippen molar-refractivity contribution >= 4 is 17.6 Å². The molecule has 0 bridgehead atoms. The van der Waals surface area contributed by atoms with Crippen molar-refractivity contribution in [3.05, 3.63) is 45.0 Å². The molecule has 18 heavy (non-hydrogen) atoms. The maximum atomic E-state index is 13.1. The lowest BCUT2D eigenvalue weighted by Gasteiger charge is -2.14. The van der Waals surface area contributed by atoms with Crippen LogP contribution < -0.4 is 5.32 Å². The fourth-order valence-corrected chi connectivity index (χ4v) is 1.62. The highest BCUT2D eigenvalue weighted by Gasteiger charge is 2.19. The van der Waals surface area contributed by atoms with Gasteiger partial charge in [0.25, 0.3) is 0 Å². The van der Waals surface area contributed by atoms with Gasteiger partial charge >= 0.3 is 5.97 Å². The molecule has 0 fully saturated rings. The summed E-state index contributed by atoms with van der Waals surface area (Å²) in [4.78, 5) is 13.6. The fourth-order valence-electron chi connectivity index (χ4n) is 1.39. The van der Waals surface area contributed by atoms with Gasteiger partial charge < -0.3 is 10.4 Å². The topological polar surface area (TPSA) is 98.1 Å². The van der Waals surface area contributed by atoms with Gasteiger partial charge in [0.2, 0.25) is 0 Å². The molecular weight excluding hydrogens is 263 g/mol. The molecule has 0 aliphatic heterocycles. The fraction of sp³-hybridized carbons (Fsp3) is 0.300. The maximum Gasteiger partial charge on any atom is 0.325 e. The van der Waals surface area contributed by atoms with Crippen molar-refractivity contribution in [2.45, 2.75) is 6.04 Å². The molecule has 0 saturated heterocycles. The monoisotopic (exact) mass is 272 g/mol. The molecule has 0 saturated carbocycles. The van der Waals surface area contributed by atoms with E-state index in [2.05, 4.69) is 15.3 Å². The van der Waals surface area contributed by atoms with Crippen molar-refractivity contribution in [2.24, 2.45) is 5.11 Å². The number of nitrogens with one attached hydrogen (secondary N) is 1. The molecule has 1 rings (SSSR count). The van der Waals surface area contributed by atoms with Crippen LogP contribution in [0, 0.1) is 5.82 Å². The molecule has 0 spiro atoms. The summed E-state index contributed by atoms with van der Waals surface area (Å²) in [6.45, 7) is 0.262. The molecule has 0 aromatic heterocycles. The van der Waals surface area contributed by atoms with Gasteiger partial charge in [0.05, 0.1) is 0 Å². The third-order valence-electron chi connectivity index (χ3n) is 2.09. The highest BCUT2D eigenvalue weighted by Crippen LogP contribution is 2.20. The van der Waals surface area contributed by atoms with Crippen LogP contribution in [0.1, 0.15) is 11.6 Å². The van der Waals surface area contributed by atoms with E-state index in [4.69, 9.17) is 22.2 Å². The van der Waals surface area contributed by atoms with Gasteiger partial charge in [0.1, 0.15) is 11.9 Å². The van der Waals surface area contributed by atoms with Gasteiger partial charge in [-0.2, -0.15) is 0 Å². The molecule has 0 radical (unpaired) electrons. The first-order valence-corrected chi connectivity index (χ1v) is 5.35. The molecular formula is C10H10ClFN4O2. The third-order valence-corrected chi connectivity index (χ3v) is 2.31. The normalized spacial score (nSPS) is 11.7. The molecule has 1 atom stereocenters. The minimum absolute atomic E-state index is 0.101. The first-order valence-electron chi connectivity index (χ1n) is 4.97. The Morgan fingerprint density at radius 2 is 2.33 bits per heavy atom. The van der Waals surface area contributed by atoms with Gasteiger partial charge in [0, 0.05) is 23.0 Å². The van der Waals surface area contributed by atoms with E-state index in [9.17, 15) is 9.18 Å². The summed E-state index contributed by atoms with van der Waals surface area (Å²) in [7, 11) is 0. The second-order valence-corrected chi connectivity index (χ2v) is 3.82. The number of carboxylic acid groups (broad SMARTS) is 1. The van der Waals surface area contributed by atoms with Gasteiger partial charge in [-0.25, -0.2) is 4.39 Å². The number of halogens is 2. The van der Waals surface area contributed by atoms with E-state index < -0.39 is 17.8 Å². The molecule has 0 aliphatic rings. The summed E-state index contributed by atoms with van der Waals surface area (Å²) in [6.07, 6.45) is 0. The summed E-state index contributed by atoms with van der Waals surface area (Å²) in [5, 5.41) is 15.0. The van der Waals surface area contributed by atoms with Gasteiger partial charge in [-0.3, -0.25) is 4.79 Å². The Balaban J connectivity index is 2.83. The highest BCUT2D eigenvalue weighted by atomic mass is 35.5. The van der Waals surface area contributed by atoms with Crippen molar-refractivity contribution in [2.75, 3.05) is 13.1 Å². The Hall–Kier alpha value is -1.82. The smallest absolute Gasteiger partial charge is 0.325 e. The summed E-state index contributed by atoms with van der Waals surface area (Å²) >= 11 is 5.66. The molecule has 96 valence electrons. The Kier molecular flexibility index (Phi) is 5.38. The van der Waals surface area contributed by atoms with E-state index in [0.717, 1.165) is 12.1 Å². The van der Waals surface area contributed by atoms with Crippen LogP contribution in [0.25, 0.3) is 10.4 Å². The Bertz CT molecular complexity index is 471. The second kappa shape index (κ2) is 6.80. The standard InChI is InChI=1S/C10H10ClFN4O2/c11-7-3-6(4-8(12)5-7)9(10(17)18)14-1-2-15-16-13/h3-5,9,14H,1-2H2,(H,17,18). The minimum atomic E-state index is -1.17. The lowest BCUT2D eigenvalue weighted by atomic mass is 10.1. The average molecular weight is 273 g/mol. The summed E-state index contributed by atoms with van der Waals surface area (Å²) in [5.74, 6) is -1.78. The van der Waals surface area contributed by atoms with Gasteiger partial charge in [-0.1, -0.05) is 16.7 Å². The molecule has 0 amide bonds. The van der Waals surface area contributed by atoms with E-state index in [0.29, 0.717) is 0 Å². The van der Waals surface area contributed by atoms with Crippen LogP contribution in [0.2, 0.25) is 5.02 Å². The number of carbonyl (C=O) groups is 1. The van der Waals surface area contributed by atoms with Gasteiger partial charge in [-0.15, -0.1) is 0 Å². The summed E-state index contributed by atoms with van der Waals surface area (Å²) in [5.41, 5.74) is 8.28. The number of benzene rings is 1. The van der Waals surface area contributed by atoms with E-state index >= 15 is 0 Å². The van der Waals surface area contributed by atoms with E-state index in [-0.39, 0.29) is 23.7 Å². The summed E-state index contributed by atoms with van der Waals surface area (Å²) in [6, 6.07) is 2.44. The first-order chi connectivity index (χ1) is 8.54. The second-order valence-electron chi connectivity index (χ2n) is 3.38. The predicted octanol–water partition coefficient (Wildman–Crippen LogP) is 2.50. The quantitative estimate of drug-likeness (QED) is 0.360. The maximum absolute atomic E-state index is 13.1. The summed E-state index contributed by atoms with van der Waals surface area (Å²) < 4.78 is 13.1. The zero-order valence-electron chi connectivity index (χ0n) is 9.18. The molecule has 6 nitrogen and oxygen atoms in total. The van der Waals surface area contributed by atoms with Gasteiger partial charge in [0.15, 0.2) is 0 Å². The highest BCUT2D eigenvalue weighted by molar-refractivity contribution is 6.30. The molecule has 0 aliphatic carbocycles. The van der Waals surface area contributed by atoms with Crippen LogP contribution in [0.15, 0.2) is 23.3 Å². The number of hydrogen-bond donors (Lipinski definition) is 2. The number of nitrogens with zero attached hydrogens (tertiary/aromatic N) is 3. The van der Waals surface area contributed by atoms with Crippen molar-refractivity contribution in [1.29, 1.82) is 0 Å². The minimum Gasteiger partial charge on any atom is -0.480 e. The van der Waals surface area contributed by atoms with Crippen LogP contribution in [-0.2, 0) is 4.79 Å². The molecule has 2 N–H and O–H groups in total. The van der Waals surface area contributed by atoms with Gasteiger partial charge in [-0.05, 0) is 29.3 Å². The SMILES string of the molecule is [N-]=[N+]=NCCNC(C(=O)O)c1cc(F)cc(Cl)c1. The first kappa shape index (κ1) is 14.2. The van der Waals surface area contributed by atoms with Crippen molar-refractivity contribution in [3.63, 3.8) is 0 Å². The van der Waals surface area contributed by atoms with Crippen LogP contribution >= 0.6 is 11.6 Å². The van der Waals surface area contributed by atoms with Crippen LogP contribution in [0.3, 0.4) is 0 Å². The number of aliphatic carboxylic acids is 1. The lowest BCUT2D eigenvalue weighted by Crippen LogP contribution is -2.30. The van der Waals surface area contributed by atoms with E-state index in [1.165, 1.54) is 6.07 Å². The van der Waals surface area contributed by atoms with Crippen molar-refractivity contribution in [1.82, 2.24) is 5.32 Å². The largest absolute Gasteiger partial charge is 0.480 e. The number of carboxylic acids is 1. The van der Waals surface area contributed by atoms with Crippen LogP contribution in [-0.4, -0.2) is 24.2 Å². The third kappa shape index (κ3) is 4.21. The predicted molar refractivity (Wildman–Crippen MR) is 63.8 cm³/mol. The number of rotatable bonds is 6. The Morgan fingerprint density at radius 1 is 1.61 bits per heavy atom. The number of azide groups is 1. The Morgan fingerprint density at radius 3 is 2.89 bits per heavy atom. The molecule has 0 heterocycles. The lowest BCUT2D eigenvalue weighted by molar-refractivity contribution is -0.139. The zero-order chi connectivity index (χ0) is 13.5. The van der Waals surface area contributed by atoms with Crippen molar-refractivity contribution in [3.8, 4) is 0 Å². The van der Waals surface area contributed by atoms with Crippen LogP contribution in [0.5, 0.6) is 0 Å². The van der Waals surface area contributed by atoms with E-state index in [1.54, 1.807) is 0 Å². The van der Waals surface area contributed by atoms with E-state index in [1.807, 2.05) is 0 Å². The molecule has 1 unspecified atom stereocenters. The molecule has 8 heteroatoms. The Labute approximate surface area is 107 Å². The average Bonchev–Trinajstić information content (AvgIpc) is 2.27. The molecule has 1 aromatic carbocycles. The number of hydrogen-bond acceptors (Lipinski definition) is 3. The molecule has 1 aromatic rings. The van der Waals surface area contributed by atoms with Crippen molar-refractivity contribution < 1.29 is 14.3 Å².